The van der Waals surface area contributed by atoms with Crippen molar-refractivity contribution in [2.24, 2.45) is 0 Å². The first-order chi connectivity index (χ1) is 9.90. The maximum atomic E-state index is 13.5. The number of nitrogens with one attached hydrogen (secondary N) is 1. The largest absolute Gasteiger partial charge is 0.378 e. The highest BCUT2D eigenvalue weighted by atomic mass is 79.9. The molecule has 3 nitrogen and oxygen atoms in total. The molecule has 0 unspecified atom stereocenters. The van der Waals surface area contributed by atoms with Crippen LogP contribution in [-0.2, 0) is 0 Å². The summed E-state index contributed by atoms with van der Waals surface area (Å²) in [7, 11) is 3.91. The molecule has 1 amide bonds. The van der Waals surface area contributed by atoms with Gasteiger partial charge in [-0.3, -0.25) is 4.79 Å². The molecule has 2 rings (SSSR count). The summed E-state index contributed by atoms with van der Waals surface area (Å²) in [5, 5.41) is 2.81. The third kappa shape index (κ3) is 3.42. The van der Waals surface area contributed by atoms with E-state index in [1.165, 1.54) is 12.1 Å². The van der Waals surface area contributed by atoms with E-state index in [0.717, 1.165) is 11.3 Å². The van der Waals surface area contributed by atoms with Gasteiger partial charge in [-0.1, -0.05) is 6.07 Å². The summed E-state index contributed by atoms with van der Waals surface area (Å²) in [6.07, 6.45) is 0. The lowest BCUT2D eigenvalue weighted by atomic mass is 10.1. The second-order valence-corrected chi connectivity index (χ2v) is 5.74. The number of amides is 1. The summed E-state index contributed by atoms with van der Waals surface area (Å²) in [4.78, 5) is 14.2. The van der Waals surface area contributed by atoms with E-state index >= 15 is 0 Å². The highest BCUT2D eigenvalue weighted by molar-refractivity contribution is 9.10. The Balaban J connectivity index is 2.26. The lowest BCUT2D eigenvalue weighted by Gasteiger charge is -2.15. The third-order valence-electron chi connectivity index (χ3n) is 3.17. The fourth-order valence-corrected chi connectivity index (χ4v) is 2.38. The molecule has 21 heavy (non-hydrogen) atoms. The topological polar surface area (TPSA) is 32.3 Å². The van der Waals surface area contributed by atoms with Crippen LogP contribution in [0, 0.1) is 12.7 Å². The number of aryl methyl sites for hydroxylation is 1. The Kier molecular flexibility index (Phi) is 4.63. The van der Waals surface area contributed by atoms with Gasteiger partial charge in [0, 0.05) is 25.5 Å². The summed E-state index contributed by atoms with van der Waals surface area (Å²) in [5.74, 6) is -0.801. The van der Waals surface area contributed by atoms with E-state index in [4.69, 9.17) is 0 Å². The van der Waals surface area contributed by atoms with Gasteiger partial charge >= 0.3 is 0 Å². The molecule has 0 bridgehead atoms. The van der Waals surface area contributed by atoms with Gasteiger partial charge in [-0.05, 0) is 58.7 Å². The van der Waals surface area contributed by atoms with Crippen molar-refractivity contribution in [3.8, 4) is 0 Å². The van der Waals surface area contributed by atoms with E-state index in [1.54, 1.807) is 6.07 Å². The SMILES string of the molecule is Cc1cc(N(C)C)ccc1NC(=O)c1cccc(F)c1Br. The number of halogens is 2. The molecule has 0 saturated carbocycles. The quantitative estimate of drug-likeness (QED) is 0.898. The molecule has 2 aromatic rings. The minimum atomic E-state index is -0.456. The Morgan fingerprint density at radius 1 is 1.24 bits per heavy atom. The van der Waals surface area contributed by atoms with Crippen LogP contribution in [0.25, 0.3) is 0 Å². The molecular formula is C16H16BrFN2O. The highest BCUT2D eigenvalue weighted by Gasteiger charge is 2.14. The first kappa shape index (κ1) is 15.5. The number of rotatable bonds is 3. The van der Waals surface area contributed by atoms with Gasteiger partial charge in [0.2, 0.25) is 0 Å². The normalized spacial score (nSPS) is 10.3. The second-order valence-electron chi connectivity index (χ2n) is 4.95. The Morgan fingerprint density at radius 2 is 1.95 bits per heavy atom. The van der Waals surface area contributed by atoms with Crippen LogP contribution in [0.4, 0.5) is 15.8 Å². The molecule has 0 aliphatic rings. The summed E-state index contributed by atoms with van der Waals surface area (Å²) < 4.78 is 13.6. The van der Waals surface area contributed by atoms with Crippen molar-refractivity contribution < 1.29 is 9.18 Å². The maximum Gasteiger partial charge on any atom is 0.256 e. The number of carbonyl (C=O) groups excluding carboxylic acids is 1. The van der Waals surface area contributed by atoms with Crippen LogP contribution in [0.15, 0.2) is 40.9 Å². The zero-order valence-electron chi connectivity index (χ0n) is 12.1. The van der Waals surface area contributed by atoms with Crippen molar-refractivity contribution in [1.82, 2.24) is 0 Å². The minimum Gasteiger partial charge on any atom is -0.378 e. The Labute approximate surface area is 131 Å². The molecule has 110 valence electrons. The van der Waals surface area contributed by atoms with Gasteiger partial charge in [0.15, 0.2) is 0 Å². The predicted molar refractivity (Wildman–Crippen MR) is 87.6 cm³/mol. The van der Waals surface area contributed by atoms with Crippen LogP contribution in [0.3, 0.4) is 0 Å². The lowest BCUT2D eigenvalue weighted by molar-refractivity contribution is 0.102. The molecule has 0 aliphatic heterocycles. The average Bonchev–Trinajstić information content (AvgIpc) is 2.43. The van der Waals surface area contributed by atoms with Gasteiger partial charge in [-0.15, -0.1) is 0 Å². The summed E-state index contributed by atoms with van der Waals surface area (Å²) >= 11 is 3.10. The molecular weight excluding hydrogens is 335 g/mol. The van der Waals surface area contributed by atoms with E-state index in [-0.39, 0.29) is 15.9 Å². The average molecular weight is 351 g/mol. The molecule has 0 atom stereocenters. The first-order valence-electron chi connectivity index (χ1n) is 6.43. The number of benzene rings is 2. The predicted octanol–water partition coefficient (Wildman–Crippen LogP) is 4.21. The van der Waals surface area contributed by atoms with Crippen LogP contribution in [-0.4, -0.2) is 20.0 Å². The molecule has 1 N–H and O–H groups in total. The van der Waals surface area contributed by atoms with Crippen molar-refractivity contribution in [3.63, 3.8) is 0 Å². The van der Waals surface area contributed by atoms with Gasteiger partial charge in [0.1, 0.15) is 5.82 Å². The number of nitrogens with zero attached hydrogens (tertiary/aromatic N) is 1. The van der Waals surface area contributed by atoms with E-state index < -0.39 is 5.82 Å². The molecule has 0 aromatic heterocycles. The van der Waals surface area contributed by atoms with E-state index in [9.17, 15) is 9.18 Å². The van der Waals surface area contributed by atoms with Crippen LogP contribution in [0.1, 0.15) is 15.9 Å². The van der Waals surface area contributed by atoms with E-state index in [1.807, 2.05) is 44.1 Å². The van der Waals surface area contributed by atoms with Gasteiger partial charge in [-0.25, -0.2) is 4.39 Å². The molecule has 0 saturated heterocycles. The van der Waals surface area contributed by atoms with Crippen molar-refractivity contribution in [1.29, 1.82) is 0 Å². The second kappa shape index (κ2) is 6.26. The number of anilines is 2. The smallest absolute Gasteiger partial charge is 0.256 e. The van der Waals surface area contributed by atoms with Crippen LogP contribution >= 0.6 is 15.9 Å². The molecule has 0 fully saturated rings. The molecule has 0 heterocycles. The van der Waals surface area contributed by atoms with E-state index in [0.29, 0.717) is 5.69 Å². The molecule has 0 aliphatic carbocycles. The molecule has 0 spiro atoms. The zero-order chi connectivity index (χ0) is 15.6. The molecule has 2 aromatic carbocycles. The summed E-state index contributed by atoms with van der Waals surface area (Å²) in [6, 6.07) is 10.1. The Hall–Kier alpha value is -1.88. The fraction of sp³-hybridized carbons (Fsp3) is 0.188. The van der Waals surface area contributed by atoms with Gasteiger partial charge in [0.05, 0.1) is 10.0 Å². The number of hydrogen-bond acceptors (Lipinski definition) is 2. The fourth-order valence-electron chi connectivity index (χ4n) is 1.94. The number of carbonyl (C=O) groups is 1. The van der Waals surface area contributed by atoms with E-state index in [2.05, 4.69) is 21.2 Å². The Bertz CT molecular complexity index is 686. The summed E-state index contributed by atoms with van der Waals surface area (Å²) in [5.41, 5.74) is 2.98. The molecule has 0 radical (unpaired) electrons. The van der Waals surface area contributed by atoms with Crippen molar-refractivity contribution in [3.05, 3.63) is 57.8 Å². The summed E-state index contributed by atoms with van der Waals surface area (Å²) in [6.45, 7) is 1.92. The third-order valence-corrected chi connectivity index (χ3v) is 3.98. The Morgan fingerprint density at radius 3 is 2.57 bits per heavy atom. The standard InChI is InChI=1S/C16H16BrFN2O/c1-10-9-11(20(2)3)7-8-14(10)19-16(21)12-5-4-6-13(18)15(12)17/h4-9H,1-3H3,(H,19,21). The monoisotopic (exact) mass is 350 g/mol. The number of hydrogen-bond donors (Lipinski definition) is 1. The van der Waals surface area contributed by atoms with Crippen LogP contribution in [0.2, 0.25) is 0 Å². The van der Waals surface area contributed by atoms with Gasteiger partial charge < -0.3 is 10.2 Å². The lowest BCUT2D eigenvalue weighted by Crippen LogP contribution is -2.14. The van der Waals surface area contributed by atoms with Crippen LogP contribution < -0.4 is 10.2 Å². The highest BCUT2D eigenvalue weighted by Crippen LogP contribution is 2.24. The van der Waals surface area contributed by atoms with Gasteiger partial charge in [0.25, 0.3) is 5.91 Å². The van der Waals surface area contributed by atoms with Crippen LogP contribution in [0.5, 0.6) is 0 Å². The minimum absolute atomic E-state index is 0.171. The molecule has 5 heteroatoms. The van der Waals surface area contributed by atoms with Crippen molar-refractivity contribution in [2.45, 2.75) is 6.92 Å². The maximum absolute atomic E-state index is 13.5. The van der Waals surface area contributed by atoms with Crippen molar-refractivity contribution in [2.75, 3.05) is 24.3 Å². The zero-order valence-corrected chi connectivity index (χ0v) is 13.7. The first-order valence-corrected chi connectivity index (χ1v) is 7.23. The van der Waals surface area contributed by atoms with Gasteiger partial charge in [-0.2, -0.15) is 0 Å². The van der Waals surface area contributed by atoms with Crippen molar-refractivity contribution >= 4 is 33.2 Å².